The van der Waals surface area contributed by atoms with E-state index in [0.717, 1.165) is 10.8 Å². The Balaban J connectivity index is 1.61. The molecule has 1 atom stereocenters. The van der Waals surface area contributed by atoms with Crippen LogP contribution in [0.5, 0.6) is 0 Å². The second-order valence-corrected chi connectivity index (χ2v) is 11.1. The minimum Gasteiger partial charge on any atom is -0.455 e. The standard InChI is InChI=1S/C32H25FN4O4S/c1-34-31(38)29-26-15-25(22-17-35-32(39)37(18-22)24-13-10-19-6-4-5-7-21(19)14-24)27(36(2)42(3)40)16-28(26)41-30(29)20-8-11-23(33)12-9-20/h4-18H,1-3H3,(H,34,38). The molecule has 6 rings (SSSR count). The van der Waals surface area contributed by atoms with E-state index in [2.05, 4.69) is 10.3 Å². The first kappa shape index (κ1) is 27.1. The molecule has 1 N–H and O–H groups in total. The molecule has 8 nitrogen and oxygen atoms in total. The molecular weight excluding hydrogens is 555 g/mol. The molecule has 0 aliphatic rings. The number of amides is 1. The van der Waals surface area contributed by atoms with Crippen molar-refractivity contribution in [1.82, 2.24) is 14.9 Å². The zero-order valence-electron chi connectivity index (χ0n) is 22.9. The van der Waals surface area contributed by atoms with Crippen molar-refractivity contribution in [2.24, 2.45) is 0 Å². The molecule has 2 aromatic heterocycles. The smallest absolute Gasteiger partial charge is 0.352 e. The van der Waals surface area contributed by atoms with Crippen molar-refractivity contribution in [2.75, 3.05) is 24.7 Å². The normalized spacial score (nSPS) is 12.0. The maximum atomic E-state index is 13.7. The van der Waals surface area contributed by atoms with Crippen LogP contribution in [0.4, 0.5) is 10.1 Å². The lowest BCUT2D eigenvalue weighted by atomic mass is 10.00. The van der Waals surface area contributed by atoms with Crippen molar-refractivity contribution in [3.63, 3.8) is 0 Å². The molecule has 2 heterocycles. The van der Waals surface area contributed by atoms with Gasteiger partial charge in [-0.1, -0.05) is 30.3 Å². The second-order valence-electron chi connectivity index (χ2n) is 9.71. The van der Waals surface area contributed by atoms with Gasteiger partial charge in [-0.2, -0.15) is 0 Å². The summed E-state index contributed by atoms with van der Waals surface area (Å²) in [6.07, 6.45) is 4.68. The fourth-order valence-corrected chi connectivity index (χ4v) is 5.41. The van der Waals surface area contributed by atoms with Gasteiger partial charge in [0.1, 0.15) is 28.1 Å². The number of hydrogen-bond donors (Lipinski definition) is 1. The Hall–Kier alpha value is -5.09. The molecule has 42 heavy (non-hydrogen) atoms. The zero-order valence-corrected chi connectivity index (χ0v) is 23.7. The van der Waals surface area contributed by atoms with Gasteiger partial charge < -0.3 is 9.73 Å². The van der Waals surface area contributed by atoms with Gasteiger partial charge in [0, 0.05) is 60.9 Å². The van der Waals surface area contributed by atoms with E-state index < -0.39 is 28.4 Å². The third-order valence-corrected chi connectivity index (χ3v) is 8.17. The average Bonchev–Trinajstić information content (AvgIpc) is 3.38. The molecule has 1 amide bonds. The Morgan fingerprint density at radius 2 is 1.74 bits per heavy atom. The highest BCUT2D eigenvalue weighted by molar-refractivity contribution is 7.85. The molecule has 0 radical (unpaired) electrons. The number of hydrogen-bond acceptors (Lipinski definition) is 5. The van der Waals surface area contributed by atoms with Gasteiger partial charge in [0.15, 0.2) is 0 Å². The second kappa shape index (κ2) is 10.7. The maximum Gasteiger partial charge on any atom is 0.352 e. The Morgan fingerprint density at radius 3 is 2.45 bits per heavy atom. The number of rotatable bonds is 6. The van der Waals surface area contributed by atoms with E-state index in [-0.39, 0.29) is 11.3 Å². The number of nitrogens with one attached hydrogen (secondary N) is 1. The number of benzene rings is 4. The van der Waals surface area contributed by atoms with Crippen molar-refractivity contribution < 1.29 is 17.8 Å². The predicted octanol–water partition coefficient (Wildman–Crippen LogP) is 5.69. The third kappa shape index (κ3) is 4.75. The first-order valence-electron chi connectivity index (χ1n) is 13.0. The van der Waals surface area contributed by atoms with Crippen molar-refractivity contribution in [2.45, 2.75) is 0 Å². The Bertz CT molecular complexity index is 2090. The molecule has 1 unspecified atom stereocenters. The fraction of sp³-hybridized carbons (Fsp3) is 0.0938. The lowest BCUT2D eigenvalue weighted by Gasteiger charge is -2.20. The molecule has 0 bridgehead atoms. The van der Waals surface area contributed by atoms with Crippen LogP contribution >= 0.6 is 0 Å². The summed E-state index contributed by atoms with van der Waals surface area (Å²) in [6, 6.07) is 22.7. The largest absolute Gasteiger partial charge is 0.455 e. The molecule has 0 aliphatic heterocycles. The Morgan fingerprint density at radius 1 is 1.00 bits per heavy atom. The van der Waals surface area contributed by atoms with Gasteiger partial charge in [0.05, 0.1) is 16.9 Å². The zero-order chi connectivity index (χ0) is 29.5. The van der Waals surface area contributed by atoms with Gasteiger partial charge in [0.2, 0.25) is 0 Å². The van der Waals surface area contributed by atoms with Gasteiger partial charge in [-0.15, -0.1) is 0 Å². The van der Waals surface area contributed by atoms with E-state index in [1.807, 2.05) is 42.5 Å². The number of nitrogens with zero attached hydrogens (tertiary/aromatic N) is 3. The van der Waals surface area contributed by atoms with Gasteiger partial charge in [-0.05, 0) is 53.2 Å². The van der Waals surface area contributed by atoms with Gasteiger partial charge in [-0.3, -0.25) is 13.7 Å². The molecule has 4 aromatic carbocycles. The number of halogens is 1. The monoisotopic (exact) mass is 580 g/mol. The fourth-order valence-electron chi connectivity index (χ4n) is 4.98. The van der Waals surface area contributed by atoms with Crippen LogP contribution in [-0.2, 0) is 11.0 Å². The highest BCUT2D eigenvalue weighted by Gasteiger charge is 2.25. The van der Waals surface area contributed by atoms with Gasteiger partial charge >= 0.3 is 5.69 Å². The van der Waals surface area contributed by atoms with E-state index >= 15 is 0 Å². The molecule has 6 aromatic rings. The first-order chi connectivity index (χ1) is 20.2. The van der Waals surface area contributed by atoms with E-state index in [4.69, 9.17) is 4.42 Å². The summed E-state index contributed by atoms with van der Waals surface area (Å²) in [7, 11) is 1.78. The Labute approximate surface area is 242 Å². The molecule has 0 saturated carbocycles. The number of carbonyl (C=O) groups is 1. The molecule has 10 heteroatoms. The van der Waals surface area contributed by atoms with Crippen molar-refractivity contribution in [3.8, 4) is 28.1 Å². The highest BCUT2D eigenvalue weighted by Crippen LogP contribution is 2.41. The SMILES string of the molecule is CNC(=O)c1c(-c2ccc(F)cc2)oc2cc(N(C)S(C)=O)c(-c3cnc(=O)n(-c4ccc5ccccc5c4)c3)cc12. The minimum absolute atomic E-state index is 0.267. The predicted molar refractivity (Wildman–Crippen MR) is 164 cm³/mol. The van der Waals surface area contributed by atoms with Crippen LogP contribution in [0.15, 0.2) is 100 Å². The summed E-state index contributed by atoms with van der Waals surface area (Å²) in [5.41, 5.74) is 3.02. The first-order valence-corrected chi connectivity index (χ1v) is 14.5. The van der Waals surface area contributed by atoms with Crippen LogP contribution in [0.25, 0.3) is 49.9 Å². The van der Waals surface area contributed by atoms with Gasteiger partial charge in [0.25, 0.3) is 5.91 Å². The maximum absolute atomic E-state index is 13.7. The van der Waals surface area contributed by atoms with E-state index in [1.165, 1.54) is 42.1 Å². The van der Waals surface area contributed by atoms with Crippen LogP contribution < -0.4 is 15.3 Å². The van der Waals surface area contributed by atoms with E-state index in [9.17, 15) is 18.2 Å². The lowest BCUT2D eigenvalue weighted by molar-refractivity contribution is 0.0964. The lowest BCUT2D eigenvalue weighted by Crippen LogP contribution is -2.22. The van der Waals surface area contributed by atoms with Crippen LogP contribution in [0, 0.1) is 5.82 Å². The third-order valence-electron chi connectivity index (χ3n) is 7.20. The summed E-state index contributed by atoms with van der Waals surface area (Å²) in [4.78, 5) is 30.2. The number of furan rings is 1. The topological polar surface area (TPSA) is 97.4 Å². The average molecular weight is 581 g/mol. The van der Waals surface area contributed by atoms with Gasteiger partial charge in [-0.25, -0.2) is 18.4 Å². The number of aromatic nitrogens is 2. The van der Waals surface area contributed by atoms with Crippen molar-refractivity contribution >= 4 is 44.3 Å². The molecule has 0 spiro atoms. The highest BCUT2D eigenvalue weighted by atomic mass is 32.2. The van der Waals surface area contributed by atoms with Crippen LogP contribution in [0.3, 0.4) is 0 Å². The molecule has 210 valence electrons. The van der Waals surface area contributed by atoms with Crippen LogP contribution in [0.2, 0.25) is 0 Å². The summed E-state index contributed by atoms with van der Waals surface area (Å²) < 4.78 is 35.5. The number of anilines is 1. The summed E-state index contributed by atoms with van der Waals surface area (Å²) in [6.45, 7) is 0. The van der Waals surface area contributed by atoms with Crippen LogP contribution in [0.1, 0.15) is 10.4 Å². The quantitative estimate of drug-likeness (QED) is 0.273. The number of fused-ring (bicyclic) bond motifs is 2. The van der Waals surface area contributed by atoms with E-state index in [1.54, 1.807) is 35.9 Å². The molecule has 0 aliphatic carbocycles. The summed E-state index contributed by atoms with van der Waals surface area (Å²) in [5.74, 6) is -0.535. The number of carbonyl (C=O) groups excluding carboxylic acids is 1. The molecule has 0 saturated heterocycles. The Kier molecular flexibility index (Phi) is 6.91. The summed E-state index contributed by atoms with van der Waals surface area (Å²) >= 11 is 0. The van der Waals surface area contributed by atoms with Crippen LogP contribution in [-0.4, -0.2) is 40.0 Å². The van der Waals surface area contributed by atoms with Crippen molar-refractivity contribution in [1.29, 1.82) is 0 Å². The minimum atomic E-state index is -1.42. The summed E-state index contributed by atoms with van der Waals surface area (Å²) in [5, 5.41) is 5.16. The van der Waals surface area contributed by atoms with Crippen molar-refractivity contribution in [3.05, 3.63) is 113 Å². The molecule has 0 fully saturated rings. The van der Waals surface area contributed by atoms with E-state index in [0.29, 0.717) is 39.0 Å². The molecular formula is C32H25FN4O4S.